The first kappa shape index (κ1) is 15.3. The molecule has 1 unspecified atom stereocenters. The summed E-state index contributed by atoms with van der Waals surface area (Å²) in [6.45, 7) is 4.32. The summed E-state index contributed by atoms with van der Waals surface area (Å²) in [6.07, 6.45) is 3.13. The van der Waals surface area contributed by atoms with Crippen LogP contribution < -0.4 is 4.74 Å². The highest BCUT2D eigenvalue weighted by Crippen LogP contribution is 2.20. The lowest BCUT2D eigenvalue weighted by Gasteiger charge is -2.09. The fourth-order valence-electron chi connectivity index (χ4n) is 2.11. The summed E-state index contributed by atoms with van der Waals surface area (Å²) in [7, 11) is 1.65. The number of methoxy groups -OCH3 is 1. The van der Waals surface area contributed by atoms with Gasteiger partial charge in [0.1, 0.15) is 5.75 Å². The Morgan fingerprint density at radius 3 is 2.00 bits per heavy atom. The Morgan fingerprint density at radius 2 is 1.48 bits per heavy atom. The molecule has 0 saturated heterocycles. The minimum atomic E-state index is -0.590. The van der Waals surface area contributed by atoms with E-state index in [1.54, 1.807) is 13.2 Å². The van der Waals surface area contributed by atoms with E-state index in [2.05, 4.69) is 26.0 Å². The van der Waals surface area contributed by atoms with Gasteiger partial charge < -0.3 is 9.84 Å². The second-order valence-corrected chi connectivity index (χ2v) is 5.40. The standard InChI is InChI=1S/C19H22O2/c1-14(2)16-7-9-17(10-8-16)19(20)13-6-15-4-11-18(21-3)12-5-15/h4-14,19-20H,1-3H3. The molecule has 0 bridgehead atoms. The Kier molecular flexibility index (Phi) is 5.18. The van der Waals surface area contributed by atoms with Gasteiger partial charge in [-0.3, -0.25) is 0 Å². The van der Waals surface area contributed by atoms with Gasteiger partial charge in [0.2, 0.25) is 0 Å². The Hall–Kier alpha value is -2.06. The van der Waals surface area contributed by atoms with Crippen molar-refractivity contribution in [3.8, 4) is 5.75 Å². The van der Waals surface area contributed by atoms with Crippen LogP contribution in [-0.2, 0) is 0 Å². The van der Waals surface area contributed by atoms with E-state index in [-0.39, 0.29) is 0 Å². The molecule has 2 aromatic rings. The molecule has 0 saturated carbocycles. The van der Waals surface area contributed by atoms with E-state index < -0.39 is 6.10 Å². The topological polar surface area (TPSA) is 29.5 Å². The quantitative estimate of drug-likeness (QED) is 0.870. The molecule has 0 aliphatic heterocycles. The fraction of sp³-hybridized carbons (Fsp3) is 0.263. The van der Waals surface area contributed by atoms with Crippen LogP contribution in [0.4, 0.5) is 0 Å². The van der Waals surface area contributed by atoms with E-state index in [4.69, 9.17) is 4.74 Å². The van der Waals surface area contributed by atoms with Crippen LogP contribution in [0.3, 0.4) is 0 Å². The Labute approximate surface area is 126 Å². The summed E-state index contributed by atoms with van der Waals surface area (Å²) in [5.74, 6) is 1.34. The molecule has 2 aromatic carbocycles. The molecule has 0 fully saturated rings. The van der Waals surface area contributed by atoms with Gasteiger partial charge in [0, 0.05) is 0 Å². The zero-order chi connectivity index (χ0) is 15.2. The number of hydrogen-bond acceptors (Lipinski definition) is 2. The maximum atomic E-state index is 10.2. The maximum absolute atomic E-state index is 10.2. The minimum Gasteiger partial charge on any atom is -0.497 e. The van der Waals surface area contributed by atoms with E-state index in [1.807, 2.05) is 42.5 Å². The molecule has 0 aliphatic carbocycles. The van der Waals surface area contributed by atoms with Crippen molar-refractivity contribution in [3.63, 3.8) is 0 Å². The summed E-state index contributed by atoms with van der Waals surface area (Å²) >= 11 is 0. The van der Waals surface area contributed by atoms with Crippen molar-refractivity contribution in [1.29, 1.82) is 0 Å². The normalized spacial score (nSPS) is 12.8. The fourth-order valence-corrected chi connectivity index (χ4v) is 2.11. The van der Waals surface area contributed by atoms with Gasteiger partial charge in [-0.05, 0) is 34.7 Å². The SMILES string of the molecule is COc1ccc(C=CC(O)c2ccc(C(C)C)cc2)cc1. The molecule has 0 spiro atoms. The van der Waals surface area contributed by atoms with Crippen molar-refractivity contribution in [2.45, 2.75) is 25.9 Å². The third-order valence-corrected chi connectivity index (χ3v) is 3.53. The molecular weight excluding hydrogens is 260 g/mol. The van der Waals surface area contributed by atoms with Crippen molar-refractivity contribution in [3.05, 3.63) is 71.3 Å². The molecule has 2 nitrogen and oxygen atoms in total. The number of rotatable bonds is 5. The molecule has 1 N–H and O–H groups in total. The molecule has 0 amide bonds. The van der Waals surface area contributed by atoms with Gasteiger partial charge in [0.15, 0.2) is 0 Å². The van der Waals surface area contributed by atoms with Crippen LogP contribution in [0.15, 0.2) is 54.6 Å². The van der Waals surface area contributed by atoms with Crippen molar-refractivity contribution >= 4 is 6.08 Å². The number of aliphatic hydroxyl groups is 1. The number of hydrogen-bond donors (Lipinski definition) is 1. The van der Waals surface area contributed by atoms with Crippen LogP contribution >= 0.6 is 0 Å². The molecule has 0 aromatic heterocycles. The zero-order valence-corrected chi connectivity index (χ0v) is 12.8. The highest BCUT2D eigenvalue weighted by atomic mass is 16.5. The van der Waals surface area contributed by atoms with Gasteiger partial charge in [-0.2, -0.15) is 0 Å². The summed E-state index contributed by atoms with van der Waals surface area (Å²) in [5, 5.41) is 10.2. The summed E-state index contributed by atoms with van der Waals surface area (Å²) in [4.78, 5) is 0. The third-order valence-electron chi connectivity index (χ3n) is 3.53. The van der Waals surface area contributed by atoms with E-state index in [0.717, 1.165) is 16.9 Å². The van der Waals surface area contributed by atoms with Crippen molar-refractivity contribution < 1.29 is 9.84 Å². The molecule has 2 rings (SSSR count). The maximum Gasteiger partial charge on any atom is 0.118 e. The van der Waals surface area contributed by atoms with Crippen LogP contribution in [0.1, 0.15) is 42.6 Å². The van der Waals surface area contributed by atoms with E-state index in [0.29, 0.717) is 5.92 Å². The molecule has 0 aliphatic rings. The number of ether oxygens (including phenoxy) is 1. The molecule has 0 radical (unpaired) electrons. The summed E-state index contributed by atoms with van der Waals surface area (Å²) in [5.41, 5.74) is 3.22. The molecule has 2 heteroatoms. The summed E-state index contributed by atoms with van der Waals surface area (Å²) < 4.78 is 5.12. The Bertz CT molecular complexity index is 580. The molecular formula is C19H22O2. The van der Waals surface area contributed by atoms with Crippen LogP contribution in [0.5, 0.6) is 5.75 Å². The second-order valence-electron chi connectivity index (χ2n) is 5.40. The molecule has 1 atom stereocenters. The molecule has 0 heterocycles. The van der Waals surface area contributed by atoms with Crippen LogP contribution in [0, 0.1) is 0 Å². The number of aliphatic hydroxyl groups excluding tert-OH is 1. The highest BCUT2D eigenvalue weighted by molar-refractivity contribution is 5.51. The van der Waals surface area contributed by atoms with Crippen LogP contribution in [-0.4, -0.2) is 12.2 Å². The first-order valence-corrected chi connectivity index (χ1v) is 7.20. The monoisotopic (exact) mass is 282 g/mol. The van der Waals surface area contributed by atoms with Gasteiger partial charge in [0.25, 0.3) is 0 Å². The predicted octanol–water partition coefficient (Wildman–Crippen LogP) is 4.57. The van der Waals surface area contributed by atoms with Crippen molar-refractivity contribution in [2.75, 3.05) is 7.11 Å². The van der Waals surface area contributed by atoms with Gasteiger partial charge in [-0.15, -0.1) is 0 Å². The molecule has 110 valence electrons. The van der Waals surface area contributed by atoms with Crippen molar-refractivity contribution in [2.24, 2.45) is 0 Å². The van der Waals surface area contributed by atoms with E-state index in [1.165, 1.54) is 5.56 Å². The van der Waals surface area contributed by atoms with Crippen LogP contribution in [0.2, 0.25) is 0 Å². The Balaban J connectivity index is 2.05. The lowest BCUT2D eigenvalue weighted by Crippen LogP contribution is -1.94. The van der Waals surface area contributed by atoms with Gasteiger partial charge in [-0.1, -0.05) is 62.4 Å². The predicted molar refractivity (Wildman–Crippen MR) is 87.5 cm³/mol. The lowest BCUT2D eigenvalue weighted by molar-refractivity contribution is 0.229. The average Bonchev–Trinajstić information content (AvgIpc) is 2.53. The van der Waals surface area contributed by atoms with Gasteiger partial charge >= 0.3 is 0 Å². The lowest BCUT2D eigenvalue weighted by atomic mass is 9.99. The van der Waals surface area contributed by atoms with Gasteiger partial charge in [0.05, 0.1) is 13.2 Å². The van der Waals surface area contributed by atoms with Crippen LogP contribution in [0.25, 0.3) is 6.08 Å². The third kappa shape index (κ3) is 4.20. The zero-order valence-electron chi connectivity index (χ0n) is 12.8. The van der Waals surface area contributed by atoms with E-state index in [9.17, 15) is 5.11 Å². The summed E-state index contributed by atoms with van der Waals surface area (Å²) in [6, 6.07) is 15.9. The first-order chi connectivity index (χ1) is 10.1. The first-order valence-electron chi connectivity index (χ1n) is 7.20. The molecule has 21 heavy (non-hydrogen) atoms. The minimum absolute atomic E-state index is 0.506. The highest BCUT2D eigenvalue weighted by Gasteiger charge is 2.04. The van der Waals surface area contributed by atoms with Gasteiger partial charge in [-0.25, -0.2) is 0 Å². The Morgan fingerprint density at radius 1 is 0.905 bits per heavy atom. The second kappa shape index (κ2) is 7.09. The largest absolute Gasteiger partial charge is 0.497 e. The van der Waals surface area contributed by atoms with Crippen molar-refractivity contribution in [1.82, 2.24) is 0 Å². The smallest absolute Gasteiger partial charge is 0.118 e. The number of benzene rings is 2. The van der Waals surface area contributed by atoms with E-state index >= 15 is 0 Å². The average molecular weight is 282 g/mol.